The van der Waals surface area contributed by atoms with E-state index in [-0.39, 0.29) is 28.9 Å². The third-order valence-corrected chi connectivity index (χ3v) is 12.0. The third kappa shape index (κ3) is 5.67. The van der Waals surface area contributed by atoms with Gasteiger partial charge in [-0.3, -0.25) is 4.79 Å². The molecule has 3 atom stereocenters. The van der Waals surface area contributed by atoms with Gasteiger partial charge in [0.2, 0.25) is 0 Å². The maximum atomic E-state index is 12.2. The highest BCUT2D eigenvalue weighted by atomic mass is 28.4. The van der Waals surface area contributed by atoms with Crippen molar-refractivity contribution in [3.05, 3.63) is 72.8 Å². The number of carbonyl (C=O) groups is 1. The Hall–Kier alpha value is -2.17. The summed E-state index contributed by atoms with van der Waals surface area (Å²) in [6.07, 6.45) is 7.03. The molecule has 0 spiro atoms. The van der Waals surface area contributed by atoms with Crippen molar-refractivity contribution in [3.8, 4) is 0 Å². The minimum absolute atomic E-state index is 0.0670. The van der Waals surface area contributed by atoms with Crippen molar-refractivity contribution in [2.24, 2.45) is 17.8 Å². The van der Waals surface area contributed by atoms with Gasteiger partial charge in [-0.1, -0.05) is 107 Å². The summed E-state index contributed by atoms with van der Waals surface area (Å²) in [6, 6.07) is 21.6. The van der Waals surface area contributed by atoms with Crippen LogP contribution in [0.3, 0.4) is 0 Å². The fourth-order valence-electron chi connectivity index (χ4n) is 5.29. The van der Waals surface area contributed by atoms with Gasteiger partial charge in [0.25, 0.3) is 8.32 Å². The van der Waals surface area contributed by atoms with E-state index < -0.39 is 8.32 Å². The summed E-state index contributed by atoms with van der Waals surface area (Å²) in [4.78, 5) is 12.2. The zero-order valence-electron chi connectivity index (χ0n) is 21.1. The zero-order valence-corrected chi connectivity index (χ0v) is 22.1. The van der Waals surface area contributed by atoms with Crippen molar-refractivity contribution in [1.29, 1.82) is 0 Å². The third-order valence-electron chi connectivity index (χ3n) is 6.92. The quantitative estimate of drug-likeness (QED) is 0.284. The molecule has 0 N–H and O–H groups in total. The Bertz CT molecular complexity index is 875. The summed E-state index contributed by atoms with van der Waals surface area (Å²) in [7, 11) is -1.16. The van der Waals surface area contributed by atoms with Crippen LogP contribution in [-0.4, -0.2) is 27.5 Å². The summed E-state index contributed by atoms with van der Waals surface area (Å²) >= 11 is 0. The summed E-state index contributed by atoms with van der Waals surface area (Å²) in [6.45, 7) is 11.3. The number of esters is 1. The monoisotopic (exact) mass is 464 g/mol. The molecule has 0 aromatic heterocycles. The van der Waals surface area contributed by atoms with Crippen LogP contribution >= 0.6 is 0 Å². The number of benzene rings is 2. The van der Waals surface area contributed by atoms with Gasteiger partial charge in [0.1, 0.15) is 0 Å². The van der Waals surface area contributed by atoms with E-state index in [4.69, 9.17) is 9.16 Å². The predicted molar refractivity (Wildman–Crippen MR) is 139 cm³/mol. The van der Waals surface area contributed by atoms with E-state index in [1.807, 2.05) is 0 Å². The molecule has 0 heterocycles. The molecule has 2 aromatic carbocycles. The van der Waals surface area contributed by atoms with E-state index >= 15 is 0 Å². The number of ether oxygens (including phenoxy) is 1. The number of methoxy groups -OCH3 is 1. The number of carbonyl (C=O) groups excluding carboxylic acids is 1. The first-order valence-electron chi connectivity index (χ1n) is 12.2. The average Bonchev–Trinajstić information content (AvgIpc) is 3.16. The largest absolute Gasteiger partial charge is 0.469 e. The van der Waals surface area contributed by atoms with E-state index in [1.54, 1.807) is 0 Å². The molecule has 0 aliphatic heterocycles. The Kier molecular flexibility index (Phi) is 8.36. The number of rotatable bonds is 8. The van der Waals surface area contributed by atoms with Crippen molar-refractivity contribution in [1.82, 2.24) is 0 Å². The molecule has 4 heteroatoms. The Morgan fingerprint density at radius 3 is 2.00 bits per heavy atom. The second-order valence-corrected chi connectivity index (χ2v) is 14.9. The highest BCUT2D eigenvalue weighted by Gasteiger charge is 2.53. The minimum atomic E-state index is -2.64. The highest BCUT2D eigenvalue weighted by Crippen LogP contribution is 2.44. The van der Waals surface area contributed by atoms with Crippen LogP contribution in [0.2, 0.25) is 5.04 Å². The molecule has 0 bridgehead atoms. The normalized spacial score (nSPS) is 21.6. The maximum absolute atomic E-state index is 12.2. The molecule has 33 heavy (non-hydrogen) atoms. The van der Waals surface area contributed by atoms with Crippen LogP contribution in [0, 0.1) is 17.8 Å². The molecule has 1 aliphatic carbocycles. The van der Waals surface area contributed by atoms with E-state index in [1.165, 1.54) is 17.5 Å². The molecule has 1 fully saturated rings. The molecule has 178 valence electrons. The molecule has 3 nitrogen and oxygen atoms in total. The second kappa shape index (κ2) is 10.8. The molecule has 3 rings (SSSR count). The molecule has 1 saturated carbocycles. The van der Waals surface area contributed by atoms with Gasteiger partial charge in [0, 0.05) is 12.3 Å². The predicted octanol–water partition coefficient (Wildman–Crippen LogP) is 5.73. The van der Waals surface area contributed by atoms with Crippen LogP contribution in [0.1, 0.15) is 53.9 Å². The molecule has 0 radical (unpaired) electrons. The smallest absolute Gasteiger partial charge is 0.305 e. The SMILES string of the molecule is COC(=O)C[C@H]1CC[C@H](O[Si](c2ccccc2)(c2ccccc2)C(C)(C)C)[C@H]1/C=C/C(C)C. The van der Waals surface area contributed by atoms with Crippen molar-refractivity contribution >= 4 is 24.7 Å². The fourth-order valence-corrected chi connectivity index (χ4v) is 10.0. The van der Waals surface area contributed by atoms with Gasteiger partial charge in [0.15, 0.2) is 0 Å². The zero-order chi connectivity index (χ0) is 24.1. The van der Waals surface area contributed by atoms with Gasteiger partial charge in [-0.2, -0.15) is 0 Å². The van der Waals surface area contributed by atoms with Crippen molar-refractivity contribution in [2.45, 2.75) is 65.0 Å². The molecule has 0 saturated heterocycles. The first-order chi connectivity index (χ1) is 15.7. The number of hydrogen-bond donors (Lipinski definition) is 0. The summed E-state index contributed by atoms with van der Waals surface area (Å²) in [5, 5.41) is 2.53. The van der Waals surface area contributed by atoms with Gasteiger partial charge >= 0.3 is 5.97 Å². The Morgan fingerprint density at radius 1 is 1.00 bits per heavy atom. The molecular formula is C29H40O3Si. The number of allylic oxidation sites excluding steroid dienone is 1. The second-order valence-electron chi connectivity index (χ2n) is 10.6. The Morgan fingerprint density at radius 2 is 1.55 bits per heavy atom. The van der Waals surface area contributed by atoms with Crippen LogP contribution in [0.4, 0.5) is 0 Å². The number of hydrogen-bond acceptors (Lipinski definition) is 3. The minimum Gasteiger partial charge on any atom is -0.469 e. The van der Waals surface area contributed by atoms with Crippen LogP contribution in [-0.2, 0) is 14.0 Å². The van der Waals surface area contributed by atoms with Gasteiger partial charge < -0.3 is 9.16 Å². The fraction of sp³-hybridized carbons (Fsp3) is 0.483. The summed E-state index contributed by atoms with van der Waals surface area (Å²) in [5.74, 6) is 0.774. The lowest BCUT2D eigenvalue weighted by Crippen LogP contribution is -2.68. The molecular weight excluding hydrogens is 424 g/mol. The standard InChI is InChI=1S/C29H40O3Si/c1-22(2)17-19-26-23(21-28(30)31-6)18-20-27(26)32-33(29(3,4)5,24-13-9-7-10-14-24)25-15-11-8-12-16-25/h7-17,19,22-23,26-27H,18,20-21H2,1-6H3/b19-17+/t23-,26+,27+/m1/s1. The van der Waals surface area contributed by atoms with E-state index in [0.717, 1.165) is 12.8 Å². The molecule has 0 unspecified atom stereocenters. The first kappa shape index (κ1) is 25.4. The maximum Gasteiger partial charge on any atom is 0.305 e. The lowest BCUT2D eigenvalue weighted by Gasteiger charge is -2.45. The van der Waals surface area contributed by atoms with Gasteiger partial charge in [-0.15, -0.1) is 0 Å². The topological polar surface area (TPSA) is 35.5 Å². The summed E-state index contributed by atoms with van der Waals surface area (Å²) in [5.41, 5.74) is 0. The van der Waals surface area contributed by atoms with Crippen molar-refractivity contribution in [3.63, 3.8) is 0 Å². The molecule has 2 aromatic rings. The first-order valence-corrected chi connectivity index (χ1v) is 14.1. The van der Waals surface area contributed by atoms with Crippen LogP contribution in [0.25, 0.3) is 0 Å². The summed E-state index contributed by atoms with van der Waals surface area (Å²) < 4.78 is 12.5. The van der Waals surface area contributed by atoms with E-state index in [2.05, 4.69) is 107 Å². The lowest BCUT2D eigenvalue weighted by molar-refractivity contribution is -0.141. The van der Waals surface area contributed by atoms with E-state index in [0.29, 0.717) is 12.3 Å². The van der Waals surface area contributed by atoms with Crippen molar-refractivity contribution in [2.75, 3.05) is 7.11 Å². The Balaban J connectivity index is 2.09. The van der Waals surface area contributed by atoms with Crippen LogP contribution in [0.5, 0.6) is 0 Å². The molecule has 0 amide bonds. The van der Waals surface area contributed by atoms with Gasteiger partial charge in [0.05, 0.1) is 13.2 Å². The van der Waals surface area contributed by atoms with Crippen LogP contribution < -0.4 is 10.4 Å². The van der Waals surface area contributed by atoms with E-state index in [9.17, 15) is 4.79 Å². The van der Waals surface area contributed by atoms with Gasteiger partial charge in [-0.25, -0.2) is 0 Å². The molecule has 1 aliphatic rings. The van der Waals surface area contributed by atoms with Crippen LogP contribution in [0.15, 0.2) is 72.8 Å². The average molecular weight is 465 g/mol. The lowest BCUT2D eigenvalue weighted by atomic mass is 9.90. The Labute approximate surface area is 201 Å². The van der Waals surface area contributed by atoms with Gasteiger partial charge in [-0.05, 0) is 40.1 Å². The highest BCUT2D eigenvalue weighted by molar-refractivity contribution is 6.99. The van der Waals surface area contributed by atoms with Crippen molar-refractivity contribution < 1.29 is 14.0 Å².